The van der Waals surface area contributed by atoms with E-state index in [0.29, 0.717) is 17.1 Å². The van der Waals surface area contributed by atoms with Crippen LogP contribution in [0.2, 0.25) is 0 Å². The highest BCUT2D eigenvalue weighted by molar-refractivity contribution is 5.59. The van der Waals surface area contributed by atoms with Crippen molar-refractivity contribution in [2.45, 2.75) is 6.54 Å². The molecule has 17 heavy (non-hydrogen) atoms. The third-order valence-corrected chi connectivity index (χ3v) is 2.39. The number of ether oxygens (including phenoxy) is 1. The zero-order valence-electron chi connectivity index (χ0n) is 9.35. The van der Waals surface area contributed by atoms with E-state index in [-0.39, 0.29) is 6.54 Å². The van der Waals surface area contributed by atoms with Gasteiger partial charge in [-0.15, -0.1) is 0 Å². The Morgan fingerprint density at radius 3 is 2.82 bits per heavy atom. The molecule has 0 aromatic carbocycles. The summed E-state index contributed by atoms with van der Waals surface area (Å²) in [5.41, 5.74) is 7.05. The summed E-state index contributed by atoms with van der Waals surface area (Å²) in [6.45, 7) is 0.138. The SMILES string of the molecule is COc1cc(-c2ccc(CN)c(F)n2)ccn1. The Hall–Kier alpha value is -2.01. The van der Waals surface area contributed by atoms with E-state index >= 15 is 0 Å². The van der Waals surface area contributed by atoms with Crippen LogP contribution in [-0.2, 0) is 6.54 Å². The van der Waals surface area contributed by atoms with Crippen molar-refractivity contribution in [1.29, 1.82) is 0 Å². The van der Waals surface area contributed by atoms with Crippen LogP contribution in [0.5, 0.6) is 5.88 Å². The lowest BCUT2D eigenvalue weighted by molar-refractivity contribution is 0.398. The maximum atomic E-state index is 13.5. The molecule has 2 rings (SSSR count). The van der Waals surface area contributed by atoms with Crippen LogP contribution in [0.4, 0.5) is 4.39 Å². The smallest absolute Gasteiger partial charge is 0.217 e. The molecule has 4 nitrogen and oxygen atoms in total. The number of hydrogen-bond acceptors (Lipinski definition) is 4. The van der Waals surface area contributed by atoms with Gasteiger partial charge >= 0.3 is 0 Å². The summed E-state index contributed by atoms with van der Waals surface area (Å²) >= 11 is 0. The topological polar surface area (TPSA) is 61.0 Å². The summed E-state index contributed by atoms with van der Waals surface area (Å²) in [5, 5.41) is 0. The first-order chi connectivity index (χ1) is 8.24. The molecule has 5 heteroatoms. The quantitative estimate of drug-likeness (QED) is 0.820. The summed E-state index contributed by atoms with van der Waals surface area (Å²) in [5.74, 6) is -0.0756. The van der Waals surface area contributed by atoms with Crippen LogP contribution < -0.4 is 10.5 Å². The molecule has 0 saturated carbocycles. The standard InChI is InChI=1S/C12H12FN3O/c1-17-11-6-8(4-5-15-11)10-3-2-9(7-14)12(13)16-10/h2-6H,7,14H2,1H3. The van der Waals surface area contributed by atoms with E-state index < -0.39 is 5.95 Å². The number of nitrogens with two attached hydrogens (primary N) is 1. The van der Waals surface area contributed by atoms with Crippen molar-refractivity contribution < 1.29 is 9.13 Å². The average Bonchev–Trinajstić information content (AvgIpc) is 2.38. The molecule has 0 radical (unpaired) electrons. The second-order valence-electron chi connectivity index (χ2n) is 3.44. The molecular weight excluding hydrogens is 221 g/mol. The zero-order chi connectivity index (χ0) is 12.3. The zero-order valence-corrected chi connectivity index (χ0v) is 9.35. The fraction of sp³-hybridized carbons (Fsp3) is 0.167. The first kappa shape index (κ1) is 11.5. The van der Waals surface area contributed by atoms with E-state index in [4.69, 9.17) is 10.5 Å². The molecule has 2 heterocycles. The molecule has 88 valence electrons. The normalized spacial score (nSPS) is 10.3. The molecule has 0 amide bonds. The van der Waals surface area contributed by atoms with Crippen molar-refractivity contribution in [3.8, 4) is 17.1 Å². The van der Waals surface area contributed by atoms with Gasteiger partial charge in [0.05, 0.1) is 12.8 Å². The van der Waals surface area contributed by atoms with Gasteiger partial charge in [0.1, 0.15) is 0 Å². The predicted octanol–water partition coefficient (Wildman–Crippen LogP) is 1.75. The van der Waals surface area contributed by atoms with Crippen molar-refractivity contribution in [3.05, 3.63) is 42.0 Å². The van der Waals surface area contributed by atoms with Crippen molar-refractivity contribution in [1.82, 2.24) is 9.97 Å². The van der Waals surface area contributed by atoms with E-state index in [1.54, 1.807) is 30.5 Å². The number of hydrogen-bond donors (Lipinski definition) is 1. The average molecular weight is 233 g/mol. The summed E-state index contributed by atoms with van der Waals surface area (Å²) in [7, 11) is 1.53. The fourth-order valence-electron chi connectivity index (χ4n) is 1.46. The molecule has 2 N–H and O–H groups in total. The predicted molar refractivity (Wildman–Crippen MR) is 61.9 cm³/mol. The summed E-state index contributed by atoms with van der Waals surface area (Å²) in [6, 6.07) is 6.79. The number of aromatic nitrogens is 2. The van der Waals surface area contributed by atoms with Gasteiger partial charge in [-0.2, -0.15) is 4.39 Å². The number of nitrogens with zero attached hydrogens (tertiary/aromatic N) is 2. The lowest BCUT2D eigenvalue weighted by atomic mass is 10.1. The molecule has 0 fully saturated rings. The Morgan fingerprint density at radius 2 is 2.18 bits per heavy atom. The number of pyridine rings is 2. The maximum absolute atomic E-state index is 13.5. The molecule has 0 saturated heterocycles. The summed E-state index contributed by atoms with van der Waals surface area (Å²) < 4.78 is 18.5. The largest absolute Gasteiger partial charge is 0.481 e. The highest BCUT2D eigenvalue weighted by Gasteiger charge is 2.06. The summed E-state index contributed by atoms with van der Waals surface area (Å²) in [4.78, 5) is 7.84. The van der Waals surface area contributed by atoms with E-state index in [0.717, 1.165) is 5.56 Å². The van der Waals surface area contributed by atoms with Crippen LogP contribution in [0.1, 0.15) is 5.56 Å². The van der Waals surface area contributed by atoms with Gasteiger partial charge in [0, 0.05) is 29.9 Å². The van der Waals surface area contributed by atoms with E-state index in [9.17, 15) is 4.39 Å². The molecule has 0 atom stereocenters. The minimum Gasteiger partial charge on any atom is -0.481 e. The Kier molecular flexibility index (Phi) is 3.30. The summed E-state index contributed by atoms with van der Waals surface area (Å²) in [6.07, 6.45) is 1.59. The molecule has 0 spiro atoms. The van der Waals surface area contributed by atoms with Gasteiger partial charge in [0.2, 0.25) is 11.8 Å². The van der Waals surface area contributed by atoms with Crippen LogP contribution in [0.15, 0.2) is 30.5 Å². The third kappa shape index (κ3) is 2.39. The van der Waals surface area contributed by atoms with Crippen LogP contribution in [0.3, 0.4) is 0 Å². The van der Waals surface area contributed by atoms with Gasteiger partial charge < -0.3 is 10.5 Å². The van der Waals surface area contributed by atoms with Crippen molar-refractivity contribution in [2.24, 2.45) is 5.73 Å². The third-order valence-electron chi connectivity index (χ3n) is 2.39. The molecular formula is C12H12FN3O. The van der Waals surface area contributed by atoms with E-state index in [1.165, 1.54) is 7.11 Å². The Bertz CT molecular complexity index is 531. The lowest BCUT2D eigenvalue weighted by Crippen LogP contribution is -2.02. The van der Waals surface area contributed by atoms with Crippen molar-refractivity contribution >= 4 is 0 Å². The number of halogens is 1. The first-order valence-electron chi connectivity index (χ1n) is 5.10. The second kappa shape index (κ2) is 4.88. The van der Waals surface area contributed by atoms with Crippen molar-refractivity contribution in [3.63, 3.8) is 0 Å². The lowest BCUT2D eigenvalue weighted by Gasteiger charge is -2.05. The van der Waals surface area contributed by atoms with Gasteiger partial charge in [0.25, 0.3) is 0 Å². The first-order valence-corrected chi connectivity index (χ1v) is 5.10. The fourth-order valence-corrected chi connectivity index (χ4v) is 1.46. The Morgan fingerprint density at radius 1 is 1.35 bits per heavy atom. The van der Waals surface area contributed by atoms with E-state index in [1.807, 2.05) is 0 Å². The highest BCUT2D eigenvalue weighted by Crippen LogP contribution is 2.21. The van der Waals surface area contributed by atoms with Crippen LogP contribution in [0.25, 0.3) is 11.3 Å². The molecule has 0 aliphatic rings. The van der Waals surface area contributed by atoms with Gasteiger partial charge in [-0.05, 0) is 12.1 Å². The van der Waals surface area contributed by atoms with Crippen LogP contribution in [0, 0.1) is 5.95 Å². The monoisotopic (exact) mass is 233 g/mol. The highest BCUT2D eigenvalue weighted by atomic mass is 19.1. The van der Waals surface area contributed by atoms with Crippen molar-refractivity contribution in [2.75, 3.05) is 7.11 Å². The Balaban J connectivity index is 2.42. The van der Waals surface area contributed by atoms with Crippen LogP contribution >= 0.6 is 0 Å². The van der Waals surface area contributed by atoms with E-state index in [2.05, 4.69) is 9.97 Å². The molecule has 0 aliphatic heterocycles. The van der Waals surface area contributed by atoms with Gasteiger partial charge in [-0.3, -0.25) is 0 Å². The molecule has 0 unspecified atom stereocenters. The number of rotatable bonds is 3. The molecule has 2 aromatic rings. The van der Waals surface area contributed by atoms with Gasteiger partial charge in [-0.25, -0.2) is 9.97 Å². The number of methoxy groups -OCH3 is 1. The second-order valence-corrected chi connectivity index (χ2v) is 3.44. The maximum Gasteiger partial charge on any atom is 0.217 e. The Labute approximate surface area is 98.3 Å². The van der Waals surface area contributed by atoms with Gasteiger partial charge in [-0.1, -0.05) is 6.07 Å². The minimum atomic E-state index is -0.541. The minimum absolute atomic E-state index is 0.138. The molecule has 2 aromatic heterocycles. The van der Waals surface area contributed by atoms with Gasteiger partial charge in [0.15, 0.2) is 0 Å². The van der Waals surface area contributed by atoms with Crippen LogP contribution in [-0.4, -0.2) is 17.1 Å². The molecule has 0 bridgehead atoms. The molecule has 0 aliphatic carbocycles.